The summed E-state index contributed by atoms with van der Waals surface area (Å²) in [7, 11) is 0. The van der Waals surface area contributed by atoms with Crippen molar-refractivity contribution < 1.29 is 4.74 Å². The van der Waals surface area contributed by atoms with E-state index < -0.39 is 0 Å². The Morgan fingerprint density at radius 3 is 2.50 bits per heavy atom. The van der Waals surface area contributed by atoms with E-state index >= 15 is 0 Å². The van der Waals surface area contributed by atoms with Gasteiger partial charge < -0.3 is 10.5 Å². The van der Waals surface area contributed by atoms with Crippen LogP contribution < -0.4 is 5.73 Å². The molecular formula is C8H17N3O. The van der Waals surface area contributed by atoms with Crippen LogP contribution in [0.4, 0.5) is 0 Å². The lowest BCUT2D eigenvalue weighted by atomic mass is 10.2. The molecule has 1 saturated heterocycles. The Morgan fingerprint density at radius 1 is 1.42 bits per heavy atom. The van der Waals surface area contributed by atoms with E-state index in [0.29, 0.717) is 11.8 Å². The molecule has 1 aliphatic heterocycles. The predicted octanol–water partition coefficient (Wildman–Crippen LogP) is 0.247. The summed E-state index contributed by atoms with van der Waals surface area (Å²) in [6, 6.07) is 0. The highest BCUT2D eigenvalue weighted by Crippen LogP contribution is 1.99. The molecule has 1 heterocycles. The number of morpholine rings is 1. The van der Waals surface area contributed by atoms with Crippen molar-refractivity contribution in [2.45, 2.75) is 13.8 Å². The van der Waals surface area contributed by atoms with Crippen molar-refractivity contribution >= 4 is 5.84 Å². The van der Waals surface area contributed by atoms with E-state index in [9.17, 15) is 0 Å². The first-order valence-corrected chi connectivity index (χ1v) is 4.37. The molecule has 1 fully saturated rings. The fourth-order valence-electron chi connectivity index (χ4n) is 0.932. The van der Waals surface area contributed by atoms with Crippen molar-refractivity contribution in [1.82, 2.24) is 5.01 Å². The summed E-state index contributed by atoms with van der Waals surface area (Å²) >= 11 is 0. The number of nitrogens with two attached hydrogens (primary N) is 1. The molecule has 0 aromatic carbocycles. The van der Waals surface area contributed by atoms with Crippen molar-refractivity contribution in [2.75, 3.05) is 26.3 Å². The standard InChI is InChI=1S/C8H17N3O/c1-7(2)8(9)10-11-3-5-12-6-4-11/h7H,3-6H2,1-2H3,(H2,9,10). The third-order valence-corrected chi connectivity index (χ3v) is 1.84. The first kappa shape index (κ1) is 9.32. The van der Waals surface area contributed by atoms with Gasteiger partial charge in [-0.1, -0.05) is 13.8 Å². The number of hydrazone groups is 1. The average Bonchev–Trinajstić information content (AvgIpc) is 2.06. The fraction of sp³-hybridized carbons (Fsp3) is 0.875. The van der Waals surface area contributed by atoms with Crippen LogP contribution >= 0.6 is 0 Å². The Balaban J connectivity index is 2.41. The zero-order valence-corrected chi connectivity index (χ0v) is 7.79. The quantitative estimate of drug-likeness (QED) is 0.478. The van der Waals surface area contributed by atoms with Crippen LogP contribution in [0.1, 0.15) is 13.8 Å². The predicted molar refractivity (Wildman–Crippen MR) is 48.9 cm³/mol. The zero-order chi connectivity index (χ0) is 8.97. The van der Waals surface area contributed by atoms with E-state index in [1.54, 1.807) is 0 Å². The van der Waals surface area contributed by atoms with Gasteiger partial charge in [0.2, 0.25) is 0 Å². The second-order valence-corrected chi connectivity index (χ2v) is 3.25. The summed E-state index contributed by atoms with van der Waals surface area (Å²) in [6.45, 7) is 7.31. The average molecular weight is 171 g/mol. The van der Waals surface area contributed by atoms with Gasteiger partial charge in [-0.05, 0) is 0 Å². The van der Waals surface area contributed by atoms with E-state index in [4.69, 9.17) is 10.5 Å². The van der Waals surface area contributed by atoms with Crippen LogP contribution in [0.2, 0.25) is 0 Å². The molecule has 12 heavy (non-hydrogen) atoms. The van der Waals surface area contributed by atoms with Gasteiger partial charge in [0.15, 0.2) is 0 Å². The van der Waals surface area contributed by atoms with E-state index in [2.05, 4.69) is 5.10 Å². The smallest absolute Gasteiger partial charge is 0.122 e. The van der Waals surface area contributed by atoms with Crippen molar-refractivity contribution in [3.8, 4) is 0 Å². The summed E-state index contributed by atoms with van der Waals surface area (Å²) < 4.78 is 5.19. The van der Waals surface area contributed by atoms with Gasteiger partial charge in [0.25, 0.3) is 0 Å². The number of nitrogens with zero attached hydrogens (tertiary/aromatic N) is 2. The molecule has 2 N–H and O–H groups in total. The van der Waals surface area contributed by atoms with Crippen molar-refractivity contribution in [3.05, 3.63) is 0 Å². The molecule has 0 spiro atoms. The van der Waals surface area contributed by atoms with Gasteiger partial charge in [0.1, 0.15) is 5.84 Å². The molecule has 0 aliphatic carbocycles. The first-order chi connectivity index (χ1) is 5.70. The molecular weight excluding hydrogens is 154 g/mol. The molecule has 0 unspecified atom stereocenters. The highest BCUT2D eigenvalue weighted by atomic mass is 16.5. The molecule has 0 atom stereocenters. The van der Waals surface area contributed by atoms with Gasteiger partial charge in [0, 0.05) is 5.92 Å². The van der Waals surface area contributed by atoms with Crippen molar-refractivity contribution in [1.29, 1.82) is 0 Å². The highest BCUT2D eigenvalue weighted by Gasteiger charge is 2.08. The highest BCUT2D eigenvalue weighted by molar-refractivity contribution is 5.81. The summed E-state index contributed by atoms with van der Waals surface area (Å²) in [5.41, 5.74) is 5.71. The lowest BCUT2D eigenvalue weighted by molar-refractivity contribution is 0.0390. The number of ether oxygens (including phenoxy) is 1. The van der Waals surface area contributed by atoms with E-state index in [1.807, 2.05) is 18.9 Å². The SMILES string of the molecule is CC(C)/C(N)=N/N1CCOCC1. The van der Waals surface area contributed by atoms with Crippen LogP contribution in [-0.4, -0.2) is 37.1 Å². The molecule has 0 bridgehead atoms. The van der Waals surface area contributed by atoms with Gasteiger partial charge in [-0.3, -0.25) is 5.01 Å². The zero-order valence-electron chi connectivity index (χ0n) is 7.79. The van der Waals surface area contributed by atoms with Crippen LogP contribution in [-0.2, 0) is 4.74 Å². The molecule has 0 aromatic heterocycles. The van der Waals surface area contributed by atoms with Crippen LogP contribution in [0.25, 0.3) is 0 Å². The Bertz CT molecular complexity index is 162. The number of hydrogen-bond donors (Lipinski definition) is 1. The second kappa shape index (κ2) is 4.30. The van der Waals surface area contributed by atoms with E-state index in [-0.39, 0.29) is 0 Å². The Hall–Kier alpha value is -0.770. The van der Waals surface area contributed by atoms with Crippen LogP contribution in [0.15, 0.2) is 5.10 Å². The minimum absolute atomic E-state index is 0.327. The van der Waals surface area contributed by atoms with Gasteiger partial charge in [-0.15, -0.1) is 0 Å². The maximum absolute atomic E-state index is 5.71. The largest absolute Gasteiger partial charge is 0.386 e. The van der Waals surface area contributed by atoms with Gasteiger partial charge in [0.05, 0.1) is 26.3 Å². The number of amidine groups is 1. The lowest BCUT2D eigenvalue weighted by Crippen LogP contribution is -2.35. The molecule has 1 aliphatic rings. The van der Waals surface area contributed by atoms with Crippen molar-refractivity contribution in [2.24, 2.45) is 16.8 Å². The molecule has 0 aromatic rings. The third-order valence-electron chi connectivity index (χ3n) is 1.84. The molecule has 4 nitrogen and oxygen atoms in total. The second-order valence-electron chi connectivity index (χ2n) is 3.25. The summed E-state index contributed by atoms with van der Waals surface area (Å²) in [6.07, 6.45) is 0. The molecule has 0 amide bonds. The summed E-state index contributed by atoms with van der Waals surface area (Å²) in [4.78, 5) is 0. The van der Waals surface area contributed by atoms with Crippen LogP contribution in [0.5, 0.6) is 0 Å². The minimum Gasteiger partial charge on any atom is -0.386 e. The maximum atomic E-state index is 5.71. The maximum Gasteiger partial charge on any atom is 0.122 e. The Kier molecular flexibility index (Phi) is 3.34. The first-order valence-electron chi connectivity index (χ1n) is 4.37. The van der Waals surface area contributed by atoms with Gasteiger partial charge >= 0.3 is 0 Å². The topological polar surface area (TPSA) is 50.8 Å². The summed E-state index contributed by atoms with van der Waals surface area (Å²) in [5, 5.41) is 6.25. The third kappa shape index (κ3) is 2.70. The Morgan fingerprint density at radius 2 is 2.00 bits per heavy atom. The normalized spacial score (nSPS) is 20.2. The molecule has 0 radical (unpaired) electrons. The fourth-order valence-corrected chi connectivity index (χ4v) is 0.932. The number of rotatable bonds is 2. The monoisotopic (exact) mass is 171 g/mol. The molecule has 70 valence electrons. The Labute approximate surface area is 73.4 Å². The van der Waals surface area contributed by atoms with Crippen LogP contribution in [0, 0.1) is 5.92 Å². The molecule has 4 heteroatoms. The summed E-state index contributed by atoms with van der Waals surface area (Å²) in [5.74, 6) is 1.03. The number of hydrogen-bond acceptors (Lipinski definition) is 3. The lowest BCUT2D eigenvalue weighted by Gasteiger charge is -2.24. The van der Waals surface area contributed by atoms with E-state index in [0.717, 1.165) is 26.3 Å². The molecule has 0 saturated carbocycles. The van der Waals surface area contributed by atoms with E-state index in [1.165, 1.54) is 0 Å². The minimum atomic E-state index is 0.327. The van der Waals surface area contributed by atoms with Gasteiger partial charge in [-0.2, -0.15) is 5.10 Å². The van der Waals surface area contributed by atoms with Gasteiger partial charge in [-0.25, -0.2) is 0 Å². The van der Waals surface area contributed by atoms with Crippen molar-refractivity contribution in [3.63, 3.8) is 0 Å². The van der Waals surface area contributed by atoms with Crippen LogP contribution in [0.3, 0.4) is 0 Å². The molecule has 1 rings (SSSR count).